The standard InChI is InChI=1S/C15H14BrN3/c1-19-13-8-7-11(16)9-12(13)18-15(19)14(17)10-5-3-2-4-6-10/h2-9,14H,17H2,1H3. The molecule has 3 nitrogen and oxygen atoms in total. The summed E-state index contributed by atoms with van der Waals surface area (Å²) in [6.07, 6.45) is 0. The Bertz CT molecular complexity index is 719. The van der Waals surface area contributed by atoms with Crippen LogP contribution < -0.4 is 5.73 Å². The molecule has 1 unspecified atom stereocenters. The number of aryl methyl sites for hydroxylation is 1. The van der Waals surface area contributed by atoms with E-state index < -0.39 is 0 Å². The molecule has 1 atom stereocenters. The fourth-order valence-corrected chi connectivity index (χ4v) is 2.63. The van der Waals surface area contributed by atoms with Crippen molar-refractivity contribution in [3.8, 4) is 0 Å². The number of benzene rings is 2. The number of nitrogens with zero attached hydrogens (tertiary/aromatic N) is 2. The molecule has 0 amide bonds. The molecular weight excluding hydrogens is 302 g/mol. The van der Waals surface area contributed by atoms with Crippen LogP contribution in [0.1, 0.15) is 17.4 Å². The topological polar surface area (TPSA) is 43.8 Å². The lowest BCUT2D eigenvalue weighted by Gasteiger charge is -2.11. The van der Waals surface area contributed by atoms with Gasteiger partial charge in [-0.2, -0.15) is 0 Å². The third kappa shape index (κ3) is 2.17. The third-order valence-corrected chi connectivity index (χ3v) is 3.81. The molecule has 2 N–H and O–H groups in total. The molecule has 0 bridgehead atoms. The van der Waals surface area contributed by atoms with Gasteiger partial charge in [0.05, 0.1) is 17.1 Å². The number of hydrogen-bond donors (Lipinski definition) is 1. The summed E-state index contributed by atoms with van der Waals surface area (Å²) in [5.74, 6) is 0.874. The fraction of sp³-hybridized carbons (Fsp3) is 0.133. The average Bonchev–Trinajstić information content (AvgIpc) is 2.75. The molecule has 96 valence electrons. The summed E-state index contributed by atoms with van der Waals surface area (Å²) in [6, 6.07) is 15.9. The van der Waals surface area contributed by atoms with E-state index in [0.717, 1.165) is 26.9 Å². The Hall–Kier alpha value is -1.65. The quantitative estimate of drug-likeness (QED) is 0.787. The zero-order valence-electron chi connectivity index (χ0n) is 10.5. The van der Waals surface area contributed by atoms with Crippen LogP contribution >= 0.6 is 15.9 Å². The maximum atomic E-state index is 6.32. The highest BCUT2D eigenvalue weighted by atomic mass is 79.9. The van der Waals surface area contributed by atoms with Crippen LogP contribution in [-0.4, -0.2) is 9.55 Å². The van der Waals surface area contributed by atoms with Gasteiger partial charge in [-0.25, -0.2) is 4.98 Å². The lowest BCUT2D eigenvalue weighted by molar-refractivity contribution is 0.728. The Kier molecular flexibility index (Phi) is 3.12. The molecule has 3 aromatic rings. The fourth-order valence-electron chi connectivity index (χ4n) is 2.28. The van der Waals surface area contributed by atoms with Gasteiger partial charge in [0, 0.05) is 11.5 Å². The van der Waals surface area contributed by atoms with Crippen molar-refractivity contribution in [1.29, 1.82) is 0 Å². The molecule has 0 aliphatic rings. The molecule has 1 heterocycles. The van der Waals surface area contributed by atoms with Crippen LogP contribution in [0.15, 0.2) is 53.0 Å². The van der Waals surface area contributed by atoms with Crippen molar-refractivity contribution in [3.05, 3.63) is 64.4 Å². The minimum atomic E-state index is -0.211. The molecule has 0 aliphatic carbocycles. The molecule has 0 saturated carbocycles. The summed E-state index contributed by atoms with van der Waals surface area (Å²) in [6.45, 7) is 0. The number of imidazole rings is 1. The van der Waals surface area contributed by atoms with Crippen molar-refractivity contribution in [3.63, 3.8) is 0 Å². The SMILES string of the molecule is Cn1c(C(N)c2ccccc2)nc2cc(Br)ccc21. The van der Waals surface area contributed by atoms with E-state index in [1.807, 2.05) is 55.6 Å². The zero-order chi connectivity index (χ0) is 13.4. The number of aromatic nitrogens is 2. The van der Waals surface area contributed by atoms with Gasteiger partial charge in [-0.05, 0) is 23.8 Å². The van der Waals surface area contributed by atoms with Gasteiger partial charge in [-0.1, -0.05) is 46.3 Å². The lowest BCUT2D eigenvalue weighted by atomic mass is 10.1. The van der Waals surface area contributed by atoms with Crippen LogP contribution in [0.5, 0.6) is 0 Å². The Morgan fingerprint density at radius 3 is 2.63 bits per heavy atom. The van der Waals surface area contributed by atoms with E-state index in [9.17, 15) is 0 Å². The Balaban J connectivity index is 2.13. The van der Waals surface area contributed by atoms with Crippen LogP contribution in [0.2, 0.25) is 0 Å². The molecule has 0 spiro atoms. The number of fused-ring (bicyclic) bond motifs is 1. The monoisotopic (exact) mass is 315 g/mol. The average molecular weight is 316 g/mol. The molecule has 0 radical (unpaired) electrons. The smallest absolute Gasteiger partial charge is 0.131 e. The minimum Gasteiger partial charge on any atom is -0.330 e. The first-order chi connectivity index (χ1) is 9.16. The maximum Gasteiger partial charge on any atom is 0.131 e. The van der Waals surface area contributed by atoms with Crippen LogP contribution in [-0.2, 0) is 7.05 Å². The maximum absolute atomic E-state index is 6.32. The summed E-state index contributed by atoms with van der Waals surface area (Å²) in [4.78, 5) is 4.66. The molecule has 2 aromatic carbocycles. The lowest BCUT2D eigenvalue weighted by Crippen LogP contribution is -2.16. The van der Waals surface area contributed by atoms with Gasteiger partial charge in [0.25, 0.3) is 0 Å². The summed E-state index contributed by atoms with van der Waals surface area (Å²) in [5.41, 5.74) is 9.44. The molecular formula is C15H14BrN3. The van der Waals surface area contributed by atoms with Gasteiger partial charge >= 0.3 is 0 Å². The van der Waals surface area contributed by atoms with E-state index in [0.29, 0.717) is 0 Å². The molecule has 0 aliphatic heterocycles. The van der Waals surface area contributed by atoms with Crippen molar-refractivity contribution in [2.45, 2.75) is 6.04 Å². The van der Waals surface area contributed by atoms with E-state index >= 15 is 0 Å². The number of hydrogen-bond acceptors (Lipinski definition) is 2. The van der Waals surface area contributed by atoms with Crippen molar-refractivity contribution in [2.75, 3.05) is 0 Å². The second-order valence-electron chi connectivity index (χ2n) is 4.55. The first-order valence-corrected chi connectivity index (χ1v) is 6.88. The Morgan fingerprint density at radius 2 is 1.89 bits per heavy atom. The van der Waals surface area contributed by atoms with Crippen molar-refractivity contribution in [1.82, 2.24) is 9.55 Å². The zero-order valence-corrected chi connectivity index (χ0v) is 12.1. The van der Waals surface area contributed by atoms with Crippen molar-refractivity contribution < 1.29 is 0 Å². The largest absolute Gasteiger partial charge is 0.330 e. The van der Waals surface area contributed by atoms with Crippen LogP contribution in [0.25, 0.3) is 11.0 Å². The van der Waals surface area contributed by atoms with E-state index in [4.69, 9.17) is 5.73 Å². The van der Waals surface area contributed by atoms with Crippen molar-refractivity contribution in [2.24, 2.45) is 12.8 Å². The van der Waals surface area contributed by atoms with Crippen LogP contribution in [0, 0.1) is 0 Å². The van der Waals surface area contributed by atoms with Crippen LogP contribution in [0.4, 0.5) is 0 Å². The molecule has 1 aromatic heterocycles. The van der Waals surface area contributed by atoms with Crippen molar-refractivity contribution >= 4 is 27.0 Å². The van der Waals surface area contributed by atoms with E-state index in [-0.39, 0.29) is 6.04 Å². The van der Waals surface area contributed by atoms with Crippen LogP contribution in [0.3, 0.4) is 0 Å². The van der Waals surface area contributed by atoms with Gasteiger partial charge in [-0.3, -0.25) is 0 Å². The highest BCUT2D eigenvalue weighted by Gasteiger charge is 2.16. The summed E-state index contributed by atoms with van der Waals surface area (Å²) in [5, 5.41) is 0. The van der Waals surface area contributed by atoms with Gasteiger partial charge in [0.1, 0.15) is 5.82 Å². The predicted octanol–water partition coefficient (Wildman–Crippen LogP) is 3.38. The molecule has 4 heteroatoms. The first kappa shape index (κ1) is 12.4. The predicted molar refractivity (Wildman–Crippen MR) is 80.9 cm³/mol. The third-order valence-electron chi connectivity index (χ3n) is 3.31. The van der Waals surface area contributed by atoms with Gasteiger partial charge in [0.15, 0.2) is 0 Å². The highest BCUT2D eigenvalue weighted by molar-refractivity contribution is 9.10. The van der Waals surface area contributed by atoms with Gasteiger partial charge < -0.3 is 10.3 Å². The number of halogens is 1. The Morgan fingerprint density at radius 1 is 1.16 bits per heavy atom. The molecule has 3 rings (SSSR count). The summed E-state index contributed by atoms with van der Waals surface area (Å²) >= 11 is 3.47. The highest BCUT2D eigenvalue weighted by Crippen LogP contribution is 2.25. The number of nitrogens with two attached hydrogens (primary N) is 1. The van der Waals surface area contributed by atoms with E-state index in [1.54, 1.807) is 0 Å². The Labute approximate surface area is 120 Å². The number of rotatable bonds is 2. The first-order valence-electron chi connectivity index (χ1n) is 6.09. The van der Waals surface area contributed by atoms with Gasteiger partial charge in [0.2, 0.25) is 0 Å². The normalized spacial score (nSPS) is 12.8. The second kappa shape index (κ2) is 4.79. The minimum absolute atomic E-state index is 0.211. The van der Waals surface area contributed by atoms with E-state index in [1.165, 1.54) is 0 Å². The summed E-state index contributed by atoms with van der Waals surface area (Å²) < 4.78 is 3.08. The molecule has 19 heavy (non-hydrogen) atoms. The van der Waals surface area contributed by atoms with Gasteiger partial charge in [-0.15, -0.1) is 0 Å². The molecule has 0 fully saturated rings. The summed E-state index contributed by atoms with van der Waals surface area (Å²) in [7, 11) is 2.00. The second-order valence-corrected chi connectivity index (χ2v) is 5.47. The molecule has 0 saturated heterocycles. The van der Waals surface area contributed by atoms with E-state index in [2.05, 4.69) is 25.5 Å².